The standard InChI is InChI=1S/C20H43O3P/c1-3-5-7-8-9-10-11-12-13-14-15-16-17-19-20(18-6-4-2)24(21,22)23/h20H,3-19H2,1-2H3,(H2,21,22,23). The lowest BCUT2D eigenvalue weighted by atomic mass is 10.0. The number of hydrogen-bond acceptors (Lipinski definition) is 1. The zero-order valence-electron chi connectivity index (χ0n) is 16.3. The van der Waals surface area contributed by atoms with Gasteiger partial charge >= 0.3 is 7.60 Å². The van der Waals surface area contributed by atoms with Crippen molar-refractivity contribution in [2.45, 2.75) is 129 Å². The van der Waals surface area contributed by atoms with Gasteiger partial charge in [-0.2, -0.15) is 0 Å². The van der Waals surface area contributed by atoms with Gasteiger partial charge in [0.25, 0.3) is 0 Å². The molecular formula is C20H43O3P. The first-order valence-corrected chi connectivity index (χ1v) is 12.3. The van der Waals surface area contributed by atoms with Crippen LogP contribution < -0.4 is 0 Å². The van der Waals surface area contributed by atoms with E-state index in [1.165, 1.54) is 70.6 Å². The van der Waals surface area contributed by atoms with Crippen LogP contribution in [-0.4, -0.2) is 15.4 Å². The molecule has 3 nitrogen and oxygen atoms in total. The van der Waals surface area contributed by atoms with E-state index in [1.807, 2.05) is 0 Å². The van der Waals surface area contributed by atoms with E-state index in [-0.39, 0.29) is 0 Å². The van der Waals surface area contributed by atoms with Crippen LogP contribution in [0.4, 0.5) is 0 Å². The molecule has 0 rings (SSSR count). The molecule has 0 saturated carbocycles. The van der Waals surface area contributed by atoms with Crippen molar-refractivity contribution in [3.63, 3.8) is 0 Å². The van der Waals surface area contributed by atoms with E-state index in [4.69, 9.17) is 0 Å². The third-order valence-corrected chi connectivity index (χ3v) is 6.48. The largest absolute Gasteiger partial charge is 0.328 e. The molecule has 0 fully saturated rings. The molecule has 0 radical (unpaired) electrons. The maximum Gasteiger partial charge on any atom is 0.328 e. The van der Waals surface area contributed by atoms with Gasteiger partial charge in [0.1, 0.15) is 0 Å². The first-order valence-electron chi connectivity index (χ1n) is 10.6. The van der Waals surface area contributed by atoms with E-state index in [0.29, 0.717) is 12.8 Å². The van der Waals surface area contributed by atoms with Crippen molar-refractivity contribution in [1.29, 1.82) is 0 Å². The highest BCUT2D eigenvalue weighted by molar-refractivity contribution is 7.52. The third kappa shape index (κ3) is 15.7. The Bertz CT molecular complexity index is 301. The van der Waals surface area contributed by atoms with Gasteiger partial charge in [-0.3, -0.25) is 4.57 Å². The van der Waals surface area contributed by atoms with E-state index in [2.05, 4.69) is 13.8 Å². The Hall–Kier alpha value is 0.150. The van der Waals surface area contributed by atoms with Crippen LogP contribution in [0.15, 0.2) is 0 Å². The van der Waals surface area contributed by atoms with Gasteiger partial charge in [0.05, 0.1) is 5.66 Å². The zero-order chi connectivity index (χ0) is 18.1. The lowest BCUT2D eigenvalue weighted by molar-refractivity contribution is 0.346. The minimum absolute atomic E-state index is 0.398. The van der Waals surface area contributed by atoms with E-state index in [0.717, 1.165) is 25.7 Å². The Morgan fingerprint density at radius 2 is 0.917 bits per heavy atom. The summed E-state index contributed by atoms with van der Waals surface area (Å²) in [6.07, 6.45) is 20.3. The van der Waals surface area contributed by atoms with Crippen molar-refractivity contribution in [3.05, 3.63) is 0 Å². The second kappa shape index (κ2) is 16.6. The lowest BCUT2D eigenvalue weighted by Crippen LogP contribution is -2.08. The first-order chi connectivity index (χ1) is 11.5. The summed E-state index contributed by atoms with van der Waals surface area (Å²) in [5, 5.41) is 0. The molecule has 0 amide bonds. The van der Waals surface area contributed by atoms with Crippen LogP contribution >= 0.6 is 7.60 Å². The zero-order valence-corrected chi connectivity index (χ0v) is 17.2. The maximum absolute atomic E-state index is 11.5. The minimum atomic E-state index is -3.89. The van der Waals surface area contributed by atoms with Gasteiger partial charge in [-0.15, -0.1) is 0 Å². The molecule has 0 heterocycles. The van der Waals surface area contributed by atoms with Crippen molar-refractivity contribution >= 4 is 7.60 Å². The van der Waals surface area contributed by atoms with Crippen LogP contribution in [0.2, 0.25) is 0 Å². The summed E-state index contributed by atoms with van der Waals surface area (Å²) >= 11 is 0. The summed E-state index contributed by atoms with van der Waals surface area (Å²) in [5.41, 5.74) is -0.398. The monoisotopic (exact) mass is 362 g/mol. The van der Waals surface area contributed by atoms with Crippen LogP contribution in [0.25, 0.3) is 0 Å². The number of hydrogen-bond donors (Lipinski definition) is 2. The molecule has 1 unspecified atom stereocenters. The van der Waals surface area contributed by atoms with Gasteiger partial charge in [-0.25, -0.2) is 0 Å². The molecule has 0 aliphatic heterocycles. The van der Waals surface area contributed by atoms with Crippen molar-refractivity contribution in [1.82, 2.24) is 0 Å². The molecule has 1 atom stereocenters. The van der Waals surface area contributed by atoms with Crippen LogP contribution in [0.5, 0.6) is 0 Å². The van der Waals surface area contributed by atoms with Crippen LogP contribution in [0.1, 0.15) is 123 Å². The molecule has 0 aliphatic rings. The molecule has 24 heavy (non-hydrogen) atoms. The smallest absolute Gasteiger partial charge is 0.324 e. The van der Waals surface area contributed by atoms with Crippen LogP contribution in [0.3, 0.4) is 0 Å². The van der Waals surface area contributed by atoms with Gasteiger partial charge in [0.2, 0.25) is 0 Å². The fourth-order valence-electron chi connectivity index (χ4n) is 3.32. The Morgan fingerprint density at radius 1 is 0.583 bits per heavy atom. The minimum Gasteiger partial charge on any atom is -0.324 e. The van der Waals surface area contributed by atoms with Crippen molar-refractivity contribution in [2.75, 3.05) is 0 Å². The molecule has 4 heteroatoms. The summed E-state index contributed by atoms with van der Waals surface area (Å²) in [7, 11) is -3.89. The van der Waals surface area contributed by atoms with Gasteiger partial charge in [-0.1, -0.05) is 110 Å². The summed E-state index contributed by atoms with van der Waals surface area (Å²) in [6.45, 7) is 4.33. The van der Waals surface area contributed by atoms with Gasteiger partial charge in [0, 0.05) is 0 Å². The Balaban J connectivity index is 3.41. The normalized spacial score (nSPS) is 13.3. The maximum atomic E-state index is 11.5. The van der Waals surface area contributed by atoms with Crippen molar-refractivity contribution < 1.29 is 14.4 Å². The van der Waals surface area contributed by atoms with E-state index in [9.17, 15) is 14.4 Å². The van der Waals surface area contributed by atoms with Gasteiger partial charge in [0.15, 0.2) is 0 Å². The first kappa shape index (κ1) is 24.1. The predicted molar refractivity (Wildman–Crippen MR) is 106 cm³/mol. The molecule has 0 bridgehead atoms. The van der Waals surface area contributed by atoms with E-state index >= 15 is 0 Å². The van der Waals surface area contributed by atoms with Crippen LogP contribution in [-0.2, 0) is 4.57 Å². The molecule has 2 N–H and O–H groups in total. The average Bonchev–Trinajstić information content (AvgIpc) is 2.53. The summed E-state index contributed by atoms with van der Waals surface area (Å²) in [6, 6.07) is 0. The molecule has 0 saturated heterocycles. The van der Waals surface area contributed by atoms with E-state index < -0.39 is 13.3 Å². The predicted octanol–water partition coefficient (Wildman–Crippen LogP) is 7.20. The second-order valence-electron chi connectivity index (χ2n) is 7.42. The third-order valence-electron chi connectivity index (χ3n) is 5.01. The fourth-order valence-corrected chi connectivity index (χ4v) is 4.36. The summed E-state index contributed by atoms with van der Waals surface area (Å²) in [4.78, 5) is 18.8. The molecule has 146 valence electrons. The lowest BCUT2D eigenvalue weighted by Gasteiger charge is -2.17. The second-order valence-corrected chi connectivity index (χ2v) is 9.32. The Labute approximate surface area is 151 Å². The topological polar surface area (TPSA) is 57.5 Å². The molecule has 0 spiro atoms. The van der Waals surface area contributed by atoms with Crippen LogP contribution in [0, 0.1) is 0 Å². The number of unbranched alkanes of at least 4 members (excludes halogenated alkanes) is 13. The summed E-state index contributed by atoms with van der Waals surface area (Å²) < 4.78 is 11.5. The SMILES string of the molecule is CCCCCCCCCCCCCCCC(CCCC)P(=O)(O)O. The molecule has 0 aromatic rings. The highest BCUT2D eigenvalue weighted by atomic mass is 31.2. The van der Waals surface area contributed by atoms with Crippen molar-refractivity contribution in [3.8, 4) is 0 Å². The summed E-state index contributed by atoms with van der Waals surface area (Å²) in [5.74, 6) is 0. The quantitative estimate of drug-likeness (QED) is 0.200. The molecule has 0 aromatic carbocycles. The number of rotatable bonds is 18. The Kier molecular flexibility index (Phi) is 16.7. The molecule has 0 aromatic heterocycles. The highest BCUT2D eigenvalue weighted by Crippen LogP contribution is 2.46. The van der Waals surface area contributed by atoms with Gasteiger partial charge in [-0.05, 0) is 12.8 Å². The molecular weight excluding hydrogens is 319 g/mol. The average molecular weight is 363 g/mol. The Morgan fingerprint density at radius 3 is 1.29 bits per heavy atom. The van der Waals surface area contributed by atoms with Gasteiger partial charge < -0.3 is 9.79 Å². The van der Waals surface area contributed by atoms with E-state index in [1.54, 1.807) is 0 Å². The highest BCUT2D eigenvalue weighted by Gasteiger charge is 2.27. The van der Waals surface area contributed by atoms with Crippen molar-refractivity contribution in [2.24, 2.45) is 0 Å². The fraction of sp³-hybridized carbons (Fsp3) is 1.00. The molecule has 0 aliphatic carbocycles.